The molecule has 1 fully saturated rings. The third kappa shape index (κ3) is 3.21. The number of phenols is 3. The highest BCUT2D eigenvalue weighted by molar-refractivity contribution is 5.89. The van der Waals surface area contributed by atoms with E-state index in [1.54, 1.807) is 6.07 Å². The number of rotatable bonds is 1. The maximum Gasteiger partial charge on any atom is 0.197 e. The van der Waals surface area contributed by atoms with Crippen LogP contribution in [0.4, 0.5) is 0 Å². The van der Waals surface area contributed by atoms with Gasteiger partial charge in [-0.05, 0) is 54.7 Å². The van der Waals surface area contributed by atoms with Gasteiger partial charge >= 0.3 is 0 Å². The molecule has 1 aliphatic carbocycles. The van der Waals surface area contributed by atoms with E-state index in [0.717, 1.165) is 18.4 Å². The molecule has 0 amide bonds. The zero-order chi connectivity index (χ0) is 21.9. The monoisotopic (exact) mass is 422 g/mol. The summed E-state index contributed by atoms with van der Waals surface area (Å²) in [4.78, 5) is 13.0. The van der Waals surface area contributed by atoms with Gasteiger partial charge in [0.05, 0.1) is 6.61 Å². The van der Waals surface area contributed by atoms with Gasteiger partial charge in [0.15, 0.2) is 16.9 Å². The van der Waals surface area contributed by atoms with Gasteiger partial charge in [0.25, 0.3) is 0 Å². The Morgan fingerprint density at radius 1 is 1.03 bits per heavy atom. The summed E-state index contributed by atoms with van der Waals surface area (Å²) in [6, 6.07) is 7.08. The van der Waals surface area contributed by atoms with E-state index < -0.39 is 0 Å². The molecule has 2 aliphatic rings. The lowest BCUT2D eigenvalue weighted by Gasteiger charge is -2.43. The second-order valence-electron chi connectivity index (χ2n) is 9.52. The molecule has 2 aromatic carbocycles. The number of phenolic OH excluding ortho intramolecular Hbond substituents is 3. The average Bonchev–Trinajstić information content (AvgIpc) is 2.90. The van der Waals surface area contributed by atoms with Crippen LogP contribution in [-0.4, -0.2) is 21.9 Å². The predicted octanol–water partition coefficient (Wildman–Crippen LogP) is 4.95. The molecule has 1 saturated carbocycles. The topological polar surface area (TPSA) is 100 Å². The van der Waals surface area contributed by atoms with Crippen molar-refractivity contribution in [1.29, 1.82) is 0 Å². The van der Waals surface area contributed by atoms with Crippen molar-refractivity contribution in [2.24, 2.45) is 17.3 Å². The minimum atomic E-state index is -0.368. The van der Waals surface area contributed by atoms with E-state index in [1.807, 2.05) is 0 Å². The van der Waals surface area contributed by atoms with Crippen molar-refractivity contribution < 1.29 is 24.5 Å². The van der Waals surface area contributed by atoms with Crippen molar-refractivity contribution in [1.82, 2.24) is 0 Å². The Balaban J connectivity index is 1.73. The second-order valence-corrected chi connectivity index (χ2v) is 9.52. The van der Waals surface area contributed by atoms with E-state index in [1.165, 1.54) is 30.7 Å². The minimum absolute atomic E-state index is 0.138. The van der Waals surface area contributed by atoms with Gasteiger partial charge in [-0.3, -0.25) is 4.79 Å². The number of hydrogen-bond donors (Lipinski definition) is 3. The van der Waals surface area contributed by atoms with E-state index in [4.69, 9.17) is 9.15 Å². The molecular formula is C25H26O6. The van der Waals surface area contributed by atoms with Crippen molar-refractivity contribution in [2.45, 2.75) is 39.5 Å². The lowest BCUT2D eigenvalue weighted by atomic mass is 9.62. The molecule has 0 radical (unpaired) electrons. The van der Waals surface area contributed by atoms with Crippen LogP contribution >= 0.6 is 0 Å². The lowest BCUT2D eigenvalue weighted by molar-refractivity contribution is 0.0535. The molecule has 6 nitrogen and oxygen atoms in total. The lowest BCUT2D eigenvalue weighted by Crippen LogP contribution is -2.37. The Bertz CT molecular complexity index is 1240. The first kappa shape index (κ1) is 19.8. The standard InChI is InChI=1S/C25H26O6/c1-25(2)7-3-4-14-12-30-22-11-20(29)23-19(28)10-21(13-5-6-17(26)18(27)8-13)31-24(23)15(22)9-16(14)25/h5-6,8,10-11,14,16,26-27,29H,3-4,7,9,12H2,1-2H3/t14-,16+/m0/s1. The van der Waals surface area contributed by atoms with Gasteiger partial charge in [-0.15, -0.1) is 0 Å². The third-order valence-electron chi connectivity index (χ3n) is 7.15. The molecule has 0 saturated heterocycles. The van der Waals surface area contributed by atoms with Crippen LogP contribution in [0.15, 0.2) is 39.5 Å². The molecule has 0 unspecified atom stereocenters. The van der Waals surface area contributed by atoms with Gasteiger partial charge in [0.2, 0.25) is 0 Å². The molecule has 162 valence electrons. The van der Waals surface area contributed by atoms with Crippen molar-refractivity contribution in [3.63, 3.8) is 0 Å². The number of aromatic hydroxyl groups is 3. The highest BCUT2D eigenvalue weighted by atomic mass is 16.5. The molecule has 0 spiro atoms. The zero-order valence-corrected chi connectivity index (χ0v) is 17.6. The Labute approximate surface area is 179 Å². The van der Waals surface area contributed by atoms with Crippen LogP contribution in [0.1, 0.15) is 38.7 Å². The molecule has 1 aromatic heterocycles. The zero-order valence-electron chi connectivity index (χ0n) is 17.6. The molecule has 31 heavy (non-hydrogen) atoms. The highest BCUT2D eigenvalue weighted by Gasteiger charge is 2.42. The fourth-order valence-corrected chi connectivity index (χ4v) is 5.39. The van der Waals surface area contributed by atoms with Crippen LogP contribution in [0, 0.1) is 17.3 Å². The summed E-state index contributed by atoms with van der Waals surface area (Å²) >= 11 is 0. The predicted molar refractivity (Wildman–Crippen MR) is 117 cm³/mol. The molecule has 5 rings (SSSR count). The number of benzene rings is 2. The minimum Gasteiger partial charge on any atom is -0.507 e. The smallest absolute Gasteiger partial charge is 0.197 e. The van der Waals surface area contributed by atoms with Gasteiger partial charge < -0.3 is 24.5 Å². The number of fused-ring (bicyclic) bond motifs is 4. The largest absolute Gasteiger partial charge is 0.507 e. The SMILES string of the molecule is CC1(C)CCC[C@H]2COc3cc(O)c4c(=O)cc(-c5ccc(O)c(O)c5)oc4c3C[C@H]21. The van der Waals surface area contributed by atoms with Crippen molar-refractivity contribution in [3.8, 4) is 34.3 Å². The summed E-state index contributed by atoms with van der Waals surface area (Å²) in [5, 5.41) is 30.2. The van der Waals surface area contributed by atoms with Crippen LogP contribution in [-0.2, 0) is 6.42 Å². The van der Waals surface area contributed by atoms with Gasteiger partial charge in [0, 0.05) is 23.3 Å². The second kappa shape index (κ2) is 6.94. The fraction of sp³-hybridized carbons (Fsp3) is 0.400. The first-order valence-electron chi connectivity index (χ1n) is 10.7. The summed E-state index contributed by atoms with van der Waals surface area (Å²) in [6.07, 6.45) is 4.12. The highest BCUT2D eigenvalue weighted by Crippen LogP contribution is 2.50. The van der Waals surface area contributed by atoms with Gasteiger partial charge in [-0.2, -0.15) is 0 Å². The van der Waals surface area contributed by atoms with Crippen LogP contribution in [0.5, 0.6) is 23.0 Å². The Hall–Kier alpha value is -3.15. The molecule has 0 bridgehead atoms. The molecule has 2 heterocycles. The van der Waals surface area contributed by atoms with E-state index in [2.05, 4.69) is 13.8 Å². The molecule has 2 atom stereocenters. The quantitative estimate of drug-likeness (QED) is 0.480. The van der Waals surface area contributed by atoms with Crippen LogP contribution in [0.2, 0.25) is 0 Å². The van der Waals surface area contributed by atoms with E-state index in [-0.39, 0.29) is 39.2 Å². The summed E-state index contributed by atoms with van der Waals surface area (Å²) < 4.78 is 12.3. The molecule has 3 aromatic rings. The first-order chi connectivity index (χ1) is 14.7. The van der Waals surface area contributed by atoms with Gasteiger partial charge in [-0.1, -0.05) is 20.3 Å². The average molecular weight is 422 g/mol. The Morgan fingerprint density at radius 2 is 1.84 bits per heavy atom. The maximum absolute atomic E-state index is 13.0. The van der Waals surface area contributed by atoms with Crippen molar-refractivity contribution >= 4 is 11.0 Å². The van der Waals surface area contributed by atoms with Crippen molar-refractivity contribution in [2.75, 3.05) is 6.61 Å². The summed E-state index contributed by atoms with van der Waals surface area (Å²) in [6.45, 7) is 5.16. The van der Waals surface area contributed by atoms with E-state index in [0.29, 0.717) is 41.8 Å². The summed E-state index contributed by atoms with van der Waals surface area (Å²) in [5.74, 6) is 0.891. The van der Waals surface area contributed by atoms with Crippen molar-refractivity contribution in [3.05, 3.63) is 46.1 Å². The van der Waals surface area contributed by atoms with Gasteiger partial charge in [0.1, 0.15) is 28.2 Å². The van der Waals surface area contributed by atoms with E-state index >= 15 is 0 Å². The van der Waals surface area contributed by atoms with Gasteiger partial charge in [-0.25, -0.2) is 0 Å². The number of hydrogen-bond acceptors (Lipinski definition) is 6. The number of ether oxygens (including phenoxy) is 1. The normalized spacial score (nSPS) is 22.3. The summed E-state index contributed by atoms with van der Waals surface area (Å²) in [7, 11) is 0. The van der Waals surface area contributed by atoms with Crippen LogP contribution in [0.25, 0.3) is 22.3 Å². The first-order valence-corrected chi connectivity index (χ1v) is 10.7. The molecule has 1 aliphatic heterocycles. The van der Waals surface area contributed by atoms with Crippen LogP contribution < -0.4 is 10.2 Å². The fourth-order valence-electron chi connectivity index (χ4n) is 5.39. The third-order valence-corrected chi connectivity index (χ3v) is 7.15. The summed E-state index contributed by atoms with van der Waals surface area (Å²) in [5.41, 5.74) is 1.35. The molecule has 6 heteroatoms. The molecular weight excluding hydrogens is 396 g/mol. The Kier molecular flexibility index (Phi) is 4.43. The Morgan fingerprint density at radius 3 is 2.61 bits per heavy atom. The van der Waals surface area contributed by atoms with Crippen LogP contribution in [0.3, 0.4) is 0 Å². The molecule has 3 N–H and O–H groups in total. The van der Waals surface area contributed by atoms with E-state index in [9.17, 15) is 20.1 Å². The maximum atomic E-state index is 13.0.